The molecule has 0 saturated carbocycles. The van der Waals surface area contributed by atoms with Gasteiger partial charge in [0, 0.05) is 0 Å². The Hall–Kier alpha value is -3.49. The maximum atomic E-state index is 12.4. The van der Waals surface area contributed by atoms with E-state index in [-0.39, 0.29) is 11.4 Å². The molecule has 0 unspecified atom stereocenters. The van der Waals surface area contributed by atoms with E-state index in [1.165, 1.54) is 12.1 Å². The van der Waals surface area contributed by atoms with Crippen LogP contribution in [0, 0.1) is 6.92 Å². The summed E-state index contributed by atoms with van der Waals surface area (Å²) in [6.45, 7) is 0.960. The minimum absolute atomic E-state index is 0.0591. The van der Waals surface area contributed by atoms with Gasteiger partial charge in [-0.3, -0.25) is 9.59 Å². The van der Waals surface area contributed by atoms with E-state index < -0.39 is 34.5 Å². The molecule has 0 radical (unpaired) electrons. The van der Waals surface area contributed by atoms with Crippen molar-refractivity contribution in [1.82, 2.24) is 10.0 Å². The zero-order chi connectivity index (χ0) is 23.0. The Morgan fingerprint density at radius 3 is 1.88 bits per heavy atom. The molecule has 3 aromatic rings. The molecule has 8 heteroatoms. The fourth-order valence-electron chi connectivity index (χ4n) is 2.95. The van der Waals surface area contributed by atoms with Crippen molar-refractivity contribution in [3.63, 3.8) is 0 Å². The van der Waals surface area contributed by atoms with Gasteiger partial charge in [-0.2, -0.15) is 0 Å². The van der Waals surface area contributed by atoms with E-state index in [9.17, 15) is 18.0 Å². The summed E-state index contributed by atoms with van der Waals surface area (Å²) in [5.41, 5.74) is 2.51. The van der Waals surface area contributed by atoms with Gasteiger partial charge in [0.1, 0.15) is 6.54 Å². The molecule has 3 aromatic carbocycles. The summed E-state index contributed by atoms with van der Waals surface area (Å²) >= 11 is 0. The van der Waals surface area contributed by atoms with Crippen molar-refractivity contribution in [3.05, 3.63) is 102 Å². The minimum Gasteiger partial charge on any atom is -0.451 e. The van der Waals surface area contributed by atoms with Crippen molar-refractivity contribution in [2.24, 2.45) is 0 Å². The summed E-state index contributed by atoms with van der Waals surface area (Å²) in [5.74, 6) is -1.29. The topological polar surface area (TPSA) is 102 Å². The molecular formula is C24H24N2O5S. The fourth-order valence-corrected chi connectivity index (χ4v) is 3.93. The third kappa shape index (κ3) is 6.50. The van der Waals surface area contributed by atoms with Crippen molar-refractivity contribution in [3.8, 4) is 0 Å². The highest BCUT2D eigenvalue weighted by Crippen LogP contribution is 2.25. The second kappa shape index (κ2) is 10.7. The summed E-state index contributed by atoms with van der Waals surface area (Å²) in [6, 6.07) is 24.8. The van der Waals surface area contributed by atoms with Gasteiger partial charge >= 0.3 is 5.97 Å². The number of nitrogens with one attached hydrogen (secondary N) is 2. The minimum atomic E-state index is -3.83. The van der Waals surface area contributed by atoms with Crippen molar-refractivity contribution in [1.29, 1.82) is 0 Å². The number of esters is 1. The average Bonchev–Trinajstić information content (AvgIpc) is 2.81. The Morgan fingerprint density at radius 2 is 1.34 bits per heavy atom. The Bertz CT molecular complexity index is 1110. The van der Waals surface area contributed by atoms with Gasteiger partial charge in [0.25, 0.3) is 0 Å². The lowest BCUT2D eigenvalue weighted by Crippen LogP contribution is -2.39. The first-order valence-corrected chi connectivity index (χ1v) is 11.5. The molecule has 32 heavy (non-hydrogen) atoms. The molecule has 0 heterocycles. The fraction of sp³-hybridized carbons (Fsp3) is 0.167. The van der Waals surface area contributed by atoms with Crippen LogP contribution in [0.4, 0.5) is 0 Å². The van der Waals surface area contributed by atoms with Gasteiger partial charge in [0.05, 0.1) is 11.4 Å². The molecule has 166 valence electrons. The highest BCUT2D eigenvalue weighted by molar-refractivity contribution is 7.89. The molecule has 0 fully saturated rings. The van der Waals surface area contributed by atoms with Gasteiger partial charge in [-0.15, -0.1) is 0 Å². The van der Waals surface area contributed by atoms with Crippen LogP contribution in [0.2, 0.25) is 0 Å². The molecule has 1 amide bonds. The quantitative estimate of drug-likeness (QED) is 0.486. The van der Waals surface area contributed by atoms with Crippen LogP contribution >= 0.6 is 0 Å². The van der Waals surface area contributed by atoms with Crippen LogP contribution in [0.1, 0.15) is 22.8 Å². The number of ether oxygens (including phenoxy) is 1. The molecular weight excluding hydrogens is 428 g/mol. The maximum absolute atomic E-state index is 12.4. The van der Waals surface area contributed by atoms with Crippen molar-refractivity contribution < 1.29 is 22.7 Å². The lowest BCUT2D eigenvalue weighted by Gasteiger charge is -2.19. The van der Waals surface area contributed by atoms with Crippen LogP contribution in [-0.2, 0) is 24.3 Å². The largest absolute Gasteiger partial charge is 0.451 e. The monoisotopic (exact) mass is 452 g/mol. The second-order valence-electron chi connectivity index (χ2n) is 7.11. The van der Waals surface area contributed by atoms with Crippen LogP contribution in [0.3, 0.4) is 0 Å². The summed E-state index contributed by atoms with van der Waals surface area (Å²) < 4.78 is 32.4. The molecule has 0 saturated heterocycles. The highest BCUT2D eigenvalue weighted by Gasteiger charge is 2.20. The number of carbonyl (C=O) groups is 2. The average molecular weight is 453 g/mol. The van der Waals surface area contributed by atoms with E-state index in [2.05, 4.69) is 10.0 Å². The first-order chi connectivity index (χ1) is 15.3. The number of rotatable bonds is 9. The number of hydrogen-bond acceptors (Lipinski definition) is 5. The van der Waals surface area contributed by atoms with Gasteiger partial charge in [-0.05, 0) is 30.2 Å². The first-order valence-electron chi connectivity index (χ1n) is 9.97. The SMILES string of the molecule is Cc1ccc(S(=O)(=O)NCC(=O)NCC(=O)OC(c2ccccc2)c2ccccc2)cc1. The molecule has 0 spiro atoms. The van der Waals surface area contributed by atoms with E-state index >= 15 is 0 Å². The molecule has 0 bridgehead atoms. The van der Waals surface area contributed by atoms with Gasteiger partial charge in [-0.25, -0.2) is 13.1 Å². The standard InChI is InChI=1S/C24H24N2O5S/c1-18-12-14-21(15-13-18)32(29,30)26-16-22(27)25-17-23(28)31-24(19-8-4-2-5-9-19)20-10-6-3-7-11-20/h2-15,24,26H,16-17H2,1H3,(H,25,27). The maximum Gasteiger partial charge on any atom is 0.326 e. The lowest BCUT2D eigenvalue weighted by molar-refractivity contribution is -0.147. The summed E-state index contributed by atoms with van der Waals surface area (Å²) in [6.07, 6.45) is -0.623. The summed E-state index contributed by atoms with van der Waals surface area (Å²) in [7, 11) is -3.83. The Morgan fingerprint density at radius 1 is 0.812 bits per heavy atom. The first kappa shape index (κ1) is 23.2. The van der Waals surface area contributed by atoms with Gasteiger partial charge < -0.3 is 10.1 Å². The van der Waals surface area contributed by atoms with Crippen LogP contribution in [0.25, 0.3) is 0 Å². The molecule has 2 N–H and O–H groups in total. The van der Waals surface area contributed by atoms with Crippen LogP contribution in [0.5, 0.6) is 0 Å². The van der Waals surface area contributed by atoms with Gasteiger partial charge in [0.2, 0.25) is 15.9 Å². The number of aryl methyl sites for hydroxylation is 1. The molecule has 7 nitrogen and oxygen atoms in total. The van der Waals surface area contributed by atoms with Gasteiger partial charge in [0.15, 0.2) is 6.10 Å². The van der Waals surface area contributed by atoms with Crippen LogP contribution < -0.4 is 10.0 Å². The Labute approximate surface area is 187 Å². The summed E-state index contributed by atoms with van der Waals surface area (Å²) in [4.78, 5) is 24.5. The smallest absolute Gasteiger partial charge is 0.326 e. The van der Waals surface area contributed by atoms with E-state index in [4.69, 9.17) is 4.74 Å². The molecule has 3 rings (SSSR count). The van der Waals surface area contributed by atoms with E-state index in [1.54, 1.807) is 12.1 Å². The number of carbonyl (C=O) groups excluding carboxylic acids is 2. The van der Waals surface area contributed by atoms with Crippen molar-refractivity contribution in [2.75, 3.05) is 13.1 Å². The molecule has 0 aromatic heterocycles. The normalized spacial score (nSPS) is 11.2. The van der Waals surface area contributed by atoms with Crippen molar-refractivity contribution >= 4 is 21.9 Å². The molecule has 0 aliphatic rings. The number of sulfonamides is 1. The number of benzene rings is 3. The van der Waals surface area contributed by atoms with E-state index in [0.717, 1.165) is 16.7 Å². The highest BCUT2D eigenvalue weighted by atomic mass is 32.2. The predicted molar refractivity (Wildman–Crippen MR) is 120 cm³/mol. The van der Waals surface area contributed by atoms with Crippen molar-refractivity contribution in [2.45, 2.75) is 17.9 Å². The number of amides is 1. The third-order valence-corrected chi connectivity index (χ3v) is 6.06. The van der Waals surface area contributed by atoms with E-state index in [0.29, 0.717) is 0 Å². The zero-order valence-corrected chi connectivity index (χ0v) is 18.3. The zero-order valence-electron chi connectivity index (χ0n) is 17.5. The Balaban J connectivity index is 1.55. The van der Waals surface area contributed by atoms with E-state index in [1.807, 2.05) is 67.6 Å². The second-order valence-corrected chi connectivity index (χ2v) is 8.87. The Kier molecular flexibility index (Phi) is 7.75. The number of hydrogen-bond donors (Lipinski definition) is 2. The molecule has 0 aliphatic heterocycles. The molecule has 0 atom stereocenters. The third-order valence-electron chi connectivity index (χ3n) is 4.64. The summed E-state index contributed by atoms with van der Waals surface area (Å²) in [5, 5.41) is 2.38. The molecule has 0 aliphatic carbocycles. The van der Waals surface area contributed by atoms with Crippen LogP contribution in [0.15, 0.2) is 89.8 Å². The predicted octanol–water partition coefficient (Wildman–Crippen LogP) is 2.72. The van der Waals surface area contributed by atoms with Gasteiger partial charge in [-0.1, -0.05) is 78.4 Å². The lowest BCUT2D eigenvalue weighted by atomic mass is 10.0. The van der Waals surface area contributed by atoms with Crippen LogP contribution in [-0.4, -0.2) is 33.4 Å².